The molecule has 0 spiro atoms. The number of halogens is 5. The molecule has 0 bridgehead atoms. The van der Waals surface area contributed by atoms with Gasteiger partial charge in [0.15, 0.2) is 0 Å². The van der Waals surface area contributed by atoms with Gasteiger partial charge >= 0.3 is 12.1 Å². The van der Waals surface area contributed by atoms with Gasteiger partial charge in [-0.25, -0.2) is 0 Å². The van der Waals surface area contributed by atoms with E-state index in [9.17, 15) is 22.0 Å². The number of hydrogen-bond acceptors (Lipinski definition) is 1. The van der Waals surface area contributed by atoms with Crippen LogP contribution in [0.2, 0.25) is 0 Å². The quantitative estimate of drug-likeness (QED) is 0.104. The third kappa shape index (κ3) is 4.74. The maximum absolute atomic E-state index is 14.0. The Morgan fingerprint density at radius 3 is 2.00 bits per heavy atom. The number of alkyl halides is 5. The molecule has 0 saturated carbocycles. The van der Waals surface area contributed by atoms with Crippen molar-refractivity contribution in [3.63, 3.8) is 0 Å². The first-order valence-corrected chi connectivity index (χ1v) is 11.8. The van der Waals surface area contributed by atoms with Crippen LogP contribution in [0.25, 0.3) is 43.9 Å². The summed E-state index contributed by atoms with van der Waals surface area (Å²) in [6, 6.07) is 21.1. The van der Waals surface area contributed by atoms with Gasteiger partial charge in [0, 0.05) is 31.9 Å². The van der Waals surface area contributed by atoms with E-state index in [2.05, 4.69) is 23.2 Å². The Morgan fingerprint density at radius 2 is 1.37 bits per heavy atom. The summed E-state index contributed by atoms with van der Waals surface area (Å²) in [4.78, 5) is 4.63. The predicted octanol–water partition coefficient (Wildman–Crippen LogP) is 9.41. The van der Waals surface area contributed by atoms with Gasteiger partial charge in [0.2, 0.25) is 0 Å². The molecule has 1 radical (unpaired) electrons. The molecule has 0 fully saturated rings. The Labute approximate surface area is 231 Å². The molecule has 7 heteroatoms. The minimum absolute atomic E-state index is 0. The van der Waals surface area contributed by atoms with Gasteiger partial charge in [0.25, 0.3) is 0 Å². The summed E-state index contributed by atoms with van der Waals surface area (Å²) in [7, 11) is 0. The Hall–Kier alpha value is -3.15. The fourth-order valence-electron chi connectivity index (χ4n) is 5.15. The summed E-state index contributed by atoms with van der Waals surface area (Å²) >= 11 is 0. The van der Waals surface area contributed by atoms with Gasteiger partial charge in [0.05, 0.1) is 0 Å². The van der Waals surface area contributed by atoms with Crippen molar-refractivity contribution in [3.05, 3.63) is 101 Å². The fraction of sp³-hybridized carbons (Fsp3) is 0.194. The molecule has 0 aliphatic heterocycles. The Morgan fingerprint density at radius 1 is 0.711 bits per heavy atom. The predicted molar refractivity (Wildman–Crippen MR) is 138 cm³/mol. The molecular weight excluding hydrogens is 674 g/mol. The average molecular weight is 697 g/mol. The zero-order valence-electron chi connectivity index (χ0n) is 21.0. The molecule has 1 heterocycles. The smallest absolute Gasteiger partial charge is 0.304 e. The number of pyridine rings is 1. The maximum Gasteiger partial charge on any atom is 0.458 e. The van der Waals surface area contributed by atoms with Crippen molar-refractivity contribution in [1.82, 2.24) is 4.98 Å². The molecule has 4 aromatic carbocycles. The number of hydrogen-bond donors (Lipinski definition) is 0. The van der Waals surface area contributed by atoms with Crippen LogP contribution in [0.4, 0.5) is 22.0 Å². The molecule has 38 heavy (non-hydrogen) atoms. The van der Waals surface area contributed by atoms with E-state index in [1.807, 2.05) is 50.2 Å². The third-order valence-corrected chi connectivity index (χ3v) is 6.70. The van der Waals surface area contributed by atoms with E-state index in [1.54, 1.807) is 20.0 Å². The number of fused-ring (bicyclic) bond motifs is 3. The molecule has 0 N–H and O–H groups in total. The van der Waals surface area contributed by atoms with E-state index >= 15 is 0 Å². The van der Waals surface area contributed by atoms with Gasteiger partial charge in [0.1, 0.15) is 0 Å². The molecule has 5 rings (SSSR count). The SMILES string of the molecule is Cc1[c-]c(-c2nccc3c2ccc2cc(-c4c(C)cc(C(F)(F)C(F)(F)F)cc4C)ccc23)cc(C)c1.[Ir]. The van der Waals surface area contributed by atoms with E-state index in [-0.39, 0.29) is 20.1 Å². The molecule has 0 amide bonds. The van der Waals surface area contributed by atoms with Gasteiger partial charge in [-0.15, -0.1) is 34.9 Å². The third-order valence-electron chi connectivity index (χ3n) is 6.70. The van der Waals surface area contributed by atoms with E-state index in [1.165, 1.54) is 0 Å². The molecule has 0 unspecified atom stereocenters. The Kier molecular flexibility index (Phi) is 7.24. The number of rotatable bonds is 3. The van der Waals surface area contributed by atoms with Crippen LogP contribution in [0.1, 0.15) is 27.8 Å². The van der Waals surface area contributed by atoms with Gasteiger partial charge in [-0.3, -0.25) is 0 Å². The number of aromatic nitrogens is 1. The van der Waals surface area contributed by atoms with Crippen molar-refractivity contribution in [2.24, 2.45) is 0 Å². The zero-order chi connectivity index (χ0) is 26.7. The first-order valence-electron chi connectivity index (χ1n) is 11.8. The molecule has 197 valence electrons. The fourth-order valence-corrected chi connectivity index (χ4v) is 5.15. The van der Waals surface area contributed by atoms with Crippen LogP contribution in [0.15, 0.2) is 66.9 Å². The standard InChI is InChI=1S/C31H23F5N.Ir/c1-17-11-18(2)13-23(12-17)29-27-8-5-21-16-22(6-7-25(21)26(27)9-10-37-29)28-19(3)14-24(15-20(28)4)30(32,33)31(34,35)36;/h5-12,14-16H,1-4H3;/q-1;. The van der Waals surface area contributed by atoms with E-state index in [4.69, 9.17) is 0 Å². The molecular formula is C31H23F5IrN-. The summed E-state index contributed by atoms with van der Waals surface area (Å²) in [6.07, 6.45) is -3.88. The zero-order valence-corrected chi connectivity index (χ0v) is 23.4. The van der Waals surface area contributed by atoms with Crippen LogP contribution in [0, 0.1) is 33.8 Å². The molecule has 0 saturated heterocycles. The molecule has 1 aromatic heterocycles. The number of nitrogens with zero attached hydrogens (tertiary/aromatic N) is 1. The van der Waals surface area contributed by atoms with Crippen molar-refractivity contribution in [3.8, 4) is 22.4 Å². The summed E-state index contributed by atoms with van der Waals surface area (Å²) in [5.41, 5.74) is 4.97. The summed E-state index contributed by atoms with van der Waals surface area (Å²) in [5.74, 6) is -4.91. The minimum Gasteiger partial charge on any atom is -0.304 e. The van der Waals surface area contributed by atoms with Gasteiger partial charge in [-0.2, -0.15) is 22.0 Å². The largest absolute Gasteiger partial charge is 0.458 e. The molecule has 0 atom stereocenters. The van der Waals surface area contributed by atoms with E-state index in [0.717, 1.165) is 61.6 Å². The van der Waals surface area contributed by atoms with Crippen molar-refractivity contribution in [2.45, 2.75) is 39.8 Å². The van der Waals surface area contributed by atoms with Gasteiger partial charge in [-0.1, -0.05) is 38.1 Å². The second kappa shape index (κ2) is 9.86. The summed E-state index contributed by atoms with van der Waals surface area (Å²) in [6.45, 7) is 7.15. The van der Waals surface area contributed by atoms with Crippen LogP contribution >= 0.6 is 0 Å². The monoisotopic (exact) mass is 697 g/mol. The van der Waals surface area contributed by atoms with E-state index < -0.39 is 17.7 Å². The van der Waals surface area contributed by atoms with Gasteiger partial charge in [-0.05, 0) is 87.6 Å². The van der Waals surface area contributed by atoms with Crippen LogP contribution in [0.3, 0.4) is 0 Å². The van der Waals surface area contributed by atoms with Crippen LogP contribution in [-0.2, 0) is 26.0 Å². The van der Waals surface area contributed by atoms with Crippen molar-refractivity contribution < 1.29 is 42.1 Å². The molecule has 1 nitrogen and oxygen atoms in total. The summed E-state index contributed by atoms with van der Waals surface area (Å²) < 4.78 is 66.7. The second-order valence-corrected chi connectivity index (χ2v) is 9.57. The molecule has 0 aliphatic carbocycles. The van der Waals surface area contributed by atoms with Crippen molar-refractivity contribution in [1.29, 1.82) is 0 Å². The topological polar surface area (TPSA) is 12.9 Å². The van der Waals surface area contributed by atoms with E-state index in [0.29, 0.717) is 16.7 Å². The molecule has 5 aromatic rings. The maximum atomic E-state index is 14.0. The van der Waals surface area contributed by atoms with Crippen LogP contribution in [0.5, 0.6) is 0 Å². The van der Waals surface area contributed by atoms with Crippen molar-refractivity contribution in [2.75, 3.05) is 0 Å². The summed E-state index contributed by atoms with van der Waals surface area (Å²) in [5, 5.41) is 3.91. The van der Waals surface area contributed by atoms with Crippen molar-refractivity contribution >= 4 is 21.5 Å². The van der Waals surface area contributed by atoms with Crippen LogP contribution < -0.4 is 0 Å². The normalized spacial score (nSPS) is 12.1. The molecule has 0 aliphatic rings. The number of aryl methyl sites for hydroxylation is 4. The first-order chi connectivity index (χ1) is 17.4. The van der Waals surface area contributed by atoms with Gasteiger partial charge < -0.3 is 4.98 Å². The number of benzene rings is 4. The average Bonchev–Trinajstić information content (AvgIpc) is 2.81. The first kappa shape index (κ1) is 27.9. The minimum atomic E-state index is -5.65. The Bertz CT molecular complexity index is 1650. The van der Waals surface area contributed by atoms with Crippen LogP contribution in [-0.4, -0.2) is 11.2 Å². The Balaban J connectivity index is 0.00000336. The second-order valence-electron chi connectivity index (χ2n) is 9.57.